The van der Waals surface area contributed by atoms with Gasteiger partial charge in [0.2, 0.25) is 0 Å². The highest BCUT2D eigenvalue weighted by Crippen LogP contribution is 2.48. The van der Waals surface area contributed by atoms with Gasteiger partial charge >= 0.3 is 0 Å². The molecule has 1 saturated carbocycles. The van der Waals surface area contributed by atoms with Crippen molar-refractivity contribution in [1.82, 2.24) is 9.97 Å². The van der Waals surface area contributed by atoms with E-state index in [2.05, 4.69) is 15.3 Å². The van der Waals surface area contributed by atoms with Crippen LogP contribution in [0.1, 0.15) is 18.5 Å². The second-order valence-electron chi connectivity index (χ2n) is 4.06. The Balaban J connectivity index is 1.95. The number of hydrogen-bond donors (Lipinski definition) is 2. The lowest BCUT2D eigenvalue weighted by atomic mass is 10.1. The number of aromatic nitrogens is 2. The molecule has 0 spiro atoms. The van der Waals surface area contributed by atoms with Crippen molar-refractivity contribution in [2.45, 2.75) is 18.3 Å². The van der Waals surface area contributed by atoms with Crippen LogP contribution >= 0.6 is 11.3 Å². The molecule has 3 nitrogen and oxygen atoms in total. The Labute approximate surface area is 91.8 Å². The molecule has 0 atom stereocenters. The molecule has 0 aliphatic heterocycles. The molecule has 4 heteroatoms. The van der Waals surface area contributed by atoms with Crippen LogP contribution in [0.3, 0.4) is 0 Å². The van der Waals surface area contributed by atoms with Crippen LogP contribution in [-0.4, -0.2) is 21.7 Å². The number of aliphatic hydroxyl groups excluding tert-OH is 1. The first kappa shape index (κ1) is 9.12. The van der Waals surface area contributed by atoms with Gasteiger partial charge in [-0.25, -0.2) is 4.98 Å². The van der Waals surface area contributed by atoms with E-state index in [4.69, 9.17) is 0 Å². The molecule has 0 amide bonds. The number of rotatable bonds is 3. The van der Waals surface area contributed by atoms with Crippen molar-refractivity contribution in [1.29, 1.82) is 0 Å². The third-order valence-electron chi connectivity index (χ3n) is 3.03. The minimum Gasteiger partial charge on any atom is -0.395 e. The molecule has 0 radical (unpaired) electrons. The summed E-state index contributed by atoms with van der Waals surface area (Å²) in [6.07, 6.45) is 4.03. The number of thiazole rings is 1. The Morgan fingerprint density at radius 3 is 3.00 bits per heavy atom. The fourth-order valence-corrected chi connectivity index (χ4v) is 2.68. The summed E-state index contributed by atoms with van der Waals surface area (Å²) < 4.78 is 0. The van der Waals surface area contributed by atoms with Crippen molar-refractivity contribution in [2.24, 2.45) is 0 Å². The van der Waals surface area contributed by atoms with E-state index in [0.29, 0.717) is 0 Å². The average molecular weight is 220 g/mol. The smallest absolute Gasteiger partial charge is 0.139 e. The molecular weight excluding hydrogens is 208 g/mol. The van der Waals surface area contributed by atoms with E-state index in [9.17, 15) is 5.11 Å². The van der Waals surface area contributed by atoms with Gasteiger partial charge in [0.05, 0.1) is 18.0 Å². The molecule has 2 aromatic rings. The van der Waals surface area contributed by atoms with Crippen molar-refractivity contribution in [3.63, 3.8) is 0 Å². The molecule has 1 fully saturated rings. The topological polar surface area (TPSA) is 48.9 Å². The Bertz CT molecular complexity index is 457. The Morgan fingerprint density at radius 1 is 1.53 bits per heavy atom. The van der Waals surface area contributed by atoms with E-state index in [1.165, 1.54) is 0 Å². The molecular formula is C11H12N2OS. The van der Waals surface area contributed by atoms with Crippen LogP contribution in [0, 0.1) is 0 Å². The monoisotopic (exact) mass is 220 g/mol. The lowest BCUT2D eigenvalue weighted by Gasteiger charge is -2.06. The van der Waals surface area contributed by atoms with Crippen molar-refractivity contribution >= 4 is 11.3 Å². The van der Waals surface area contributed by atoms with E-state index in [0.717, 1.165) is 29.2 Å². The van der Waals surface area contributed by atoms with E-state index < -0.39 is 0 Å². The fourth-order valence-electron chi connectivity index (χ4n) is 1.75. The Hall–Kier alpha value is -1.13. The first-order valence-corrected chi connectivity index (χ1v) is 5.93. The summed E-state index contributed by atoms with van der Waals surface area (Å²) in [7, 11) is 0. The molecule has 2 heterocycles. The van der Waals surface area contributed by atoms with Crippen LogP contribution in [0.2, 0.25) is 0 Å². The van der Waals surface area contributed by atoms with Gasteiger partial charge in [-0.3, -0.25) is 0 Å². The molecule has 1 aliphatic rings. The minimum absolute atomic E-state index is 0.0126. The lowest BCUT2D eigenvalue weighted by molar-refractivity contribution is 0.253. The van der Waals surface area contributed by atoms with Crippen LogP contribution in [0.4, 0.5) is 0 Å². The Morgan fingerprint density at radius 2 is 2.40 bits per heavy atom. The second kappa shape index (κ2) is 3.18. The normalized spacial score (nSPS) is 17.9. The molecule has 0 saturated heterocycles. The molecule has 0 aromatic carbocycles. The first-order chi connectivity index (χ1) is 7.34. The highest BCUT2D eigenvalue weighted by Gasteiger charge is 2.45. The van der Waals surface area contributed by atoms with Gasteiger partial charge < -0.3 is 10.1 Å². The predicted octanol–water partition coefficient (Wildman–Crippen LogP) is 2.16. The maximum absolute atomic E-state index is 9.31. The molecule has 1 aliphatic carbocycles. The van der Waals surface area contributed by atoms with Crippen molar-refractivity contribution in [3.8, 4) is 10.7 Å². The zero-order valence-corrected chi connectivity index (χ0v) is 9.05. The summed E-state index contributed by atoms with van der Waals surface area (Å²) in [5.41, 5.74) is 2.10. The second-order valence-corrected chi connectivity index (χ2v) is 4.92. The van der Waals surface area contributed by atoms with E-state index >= 15 is 0 Å². The zero-order chi connectivity index (χ0) is 10.3. The summed E-state index contributed by atoms with van der Waals surface area (Å²) in [6.45, 7) is 0.223. The molecule has 2 aromatic heterocycles. The van der Waals surface area contributed by atoms with Crippen LogP contribution in [0.25, 0.3) is 10.7 Å². The quantitative estimate of drug-likeness (QED) is 0.832. The third-order valence-corrected chi connectivity index (χ3v) is 3.91. The maximum Gasteiger partial charge on any atom is 0.139 e. The minimum atomic E-state index is -0.0126. The fraction of sp³-hybridized carbons (Fsp3) is 0.364. The van der Waals surface area contributed by atoms with Crippen LogP contribution in [0.15, 0.2) is 23.7 Å². The molecule has 78 valence electrons. The van der Waals surface area contributed by atoms with Crippen LogP contribution < -0.4 is 0 Å². The third kappa shape index (κ3) is 1.41. The summed E-state index contributed by atoms with van der Waals surface area (Å²) >= 11 is 1.64. The van der Waals surface area contributed by atoms with Gasteiger partial charge in [-0.1, -0.05) is 0 Å². The summed E-state index contributed by atoms with van der Waals surface area (Å²) in [4.78, 5) is 7.73. The van der Waals surface area contributed by atoms with Crippen molar-refractivity contribution in [2.75, 3.05) is 6.61 Å². The van der Waals surface area contributed by atoms with Gasteiger partial charge in [0, 0.05) is 17.0 Å². The molecule has 2 N–H and O–H groups in total. The number of aliphatic hydroxyl groups is 1. The molecule has 0 unspecified atom stereocenters. The largest absolute Gasteiger partial charge is 0.395 e. The number of hydrogen-bond acceptors (Lipinski definition) is 3. The summed E-state index contributed by atoms with van der Waals surface area (Å²) in [6, 6.07) is 3.98. The van der Waals surface area contributed by atoms with Crippen LogP contribution in [-0.2, 0) is 5.41 Å². The SMILES string of the molecule is OCC1(c2csc(-c3ccc[nH]3)n2)CC1. The summed E-state index contributed by atoms with van der Waals surface area (Å²) in [5, 5.41) is 12.4. The molecule has 0 bridgehead atoms. The van der Waals surface area contributed by atoms with Gasteiger partial charge in [0.15, 0.2) is 0 Å². The van der Waals surface area contributed by atoms with Crippen molar-refractivity contribution in [3.05, 3.63) is 29.4 Å². The Kier molecular flexibility index (Phi) is 1.94. The van der Waals surface area contributed by atoms with Crippen molar-refractivity contribution < 1.29 is 5.11 Å². The predicted molar refractivity (Wildman–Crippen MR) is 59.9 cm³/mol. The van der Waals surface area contributed by atoms with Gasteiger partial charge in [-0.2, -0.15) is 0 Å². The highest BCUT2D eigenvalue weighted by molar-refractivity contribution is 7.13. The number of nitrogens with one attached hydrogen (secondary N) is 1. The molecule has 15 heavy (non-hydrogen) atoms. The number of aromatic amines is 1. The van der Waals surface area contributed by atoms with E-state index in [-0.39, 0.29) is 12.0 Å². The van der Waals surface area contributed by atoms with Gasteiger partial charge in [-0.05, 0) is 25.0 Å². The number of H-pyrrole nitrogens is 1. The molecule has 3 rings (SSSR count). The van der Waals surface area contributed by atoms with E-state index in [1.54, 1.807) is 11.3 Å². The zero-order valence-electron chi connectivity index (χ0n) is 8.23. The standard InChI is InChI=1S/C11H12N2OS/c14-7-11(3-4-11)9-6-15-10(13-9)8-2-1-5-12-8/h1-2,5-6,12,14H,3-4,7H2. The van der Waals surface area contributed by atoms with Gasteiger partial charge in [-0.15, -0.1) is 11.3 Å². The highest BCUT2D eigenvalue weighted by atomic mass is 32.1. The van der Waals surface area contributed by atoms with E-state index in [1.807, 2.05) is 18.3 Å². The maximum atomic E-state index is 9.31. The van der Waals surface area contributed by atoms with Gasteiger partial charge in [0.1, 0.15) is 5.01 Å². The first-order valence-electron chi connectivity index (χ1n) is 5.05. The summed E-state index contributed by atoms with van der Waals surface area (Å²) in [5.74, 6) is 0. The van der Waals surface area contributed by atoms with Gasteiger partial charge in [0.25, 0.3) is 0 Å². The number of nitrogens with zero attached hydrogens (tertiary/aromatic N) is 1. The lowest BCUT2D eigenvalue weighted by Crippen LogP contribution is -2.11. The average Bonchev–Trinajstić information content (AvgIpc) is 2.74. The van der Waals surface area contributed by atoms with Crippen LogP contribution in [0.5, 0.6) is 0 Å².